The van der Waals surface area contributed by atoms with Gasteiger partial charge in [0, 0.05) is 23.8 Å². The first-order valence-electron chi connectivity index (χ1n) is 8.36. The number of fused-ring (bicyclic) bond motifs is 1. The van der Waals surface area contributed by atoms with E-state index in [0.717, 1.165) is 10.4 Å². The molecule has 1 aliphatic rings. The van der Waals surface area contributed by atoms with Gasteiger partial charge in [-0.1, -0.05) is 0 Å². The Kier molecular flexibility index (Phi) is 4.89. The third-order valence-electron chi connectivity index (χ3n) is 4.82. The molecule has 1 saturated carbocycles. The van der Waals surface area contributed by atoms with Crippen LogP contribution < -0.4 is 10.9 Å². The Hall–Kier alpha value is -2.22. The van der Waals surface area contributed by atoms with Crippen molar-refractivity contribution in [2.24, 2.45) is 5.92 Å². The molecule has 8 heteroatoms. The van der Waals surface area contributed by atoms with Gasteiger partial charge in [0.15, 0.2) is 0 Å². The van der Waals surface area contributed by atoms with Crippen LogP contribution in [-0.2, 0) is 16.0 Å². The molecule has 134 valence electrons. The number of aliphatic carboxylic acids is 1. The predicted molar refractivity (Wildman–Crippen MR) is 94.9 cm³/mol. The number of thiophene rings is 1. The van der Waals surface area contributed by atoms with E-state index in [0.29, 0.717) is 41.7 Å². The van der Waals surface area contributed by atoms with Gasteiger partial charge in [-0.2, -0.15) is 0 Å². The van der Waals surface area contributed by atoms with E-state index in [2.05, 4.69) is 15.3 Å². The van der Waals surface area contributed by atoms with Crippen LogP contribution in [0.1, 0.15) is 41.9 Å². The fraction of sp³-hybridized carbons (Fsp3) is 0.529. The van der Waals surface area contributed by atoms with Crippen LogP contribution in [0.25, 0.3) is 10.2 Å². The van der Waals surface area contributed by atoms with Gasteiger partial charge < -0.3 is 15.4 Å². The number of nitrogens with one attached hydrogen (secondary N) is 2. The summed E-state index contributed by atoms with van der Waals surface area (Å²) in [5, 5.41) is 12.5. The van der Waals surface area contributed by atoms with Crippen molar-refractivity contribution in [1.82, 2.24) is 15.3 Å². The van der Waals surface area contributed by atoms with Crippen LogP contribution in [0.3, 0.4) is 0 Å². The Morgan fingerprint density at radius 1 is 1.36 bits per heavy atom. The van der Waals surface area contributed by atoms with Crippen molar-refractivity contribution in [2.45, 2.75) is 52.0 Å². The Morgan fingerprint density at radius 3 is 2.80 bits per heavy atom. The third-order valence-corrected chi connectivity index (χ3v) is 5.93. The maximum atomic E-state index is 12.2. The number of aryl methyl sites for hydroxylation is 3. The minimum atomic E-state index is -0.798. The van der Waals surface area contributed by atoms with E-state index in [-0.39, 0.29) is 29.8 Å². The molecule has 2 aromatic rings. The maximum absolute atomic E-state index is 12.2. The zero-order valence-corrected chi connectivity index (χ0v) is 15.0. The molecule has 0 saturated heterocycles. The van der Waals surface area contributed by atoms with Crippen LogP contribution in [0.15, 0.2) is 4.79 Å². The van der Waals surface area contributed by atoms with Crippen LogP contribution in [0.4, 0.5) is 0 Å². The van der Waals surface area contributed by atoms with Gasteiger partial charge in [0.2, 0.25) is 5.91 Å². The molecule has 0 radical (unpaired) electrons. The molecule has 1 amide bonds. The largest absolute Gasteiger partial charge is 0.481 e. The third kappa shape index (κ3) is 3.73. The Balaban J connectivity index is 1.60. The number of aromatic nitrogens is 2. The van der Waals surface area contributed by atoms with Gasteiger partial charge in [-0.05, 0) is 38.7 Å². The highest BCUT2D eigenvalue weighted by atomic mass is 32.1. The molecule has 2 aromatic heterocycles. The Morgan fingerprint density at radius 2 is 2.12 bits per heavy atom. The second-order valence-corrected chi connectivity index (χ2v) is 7.79. The number of amides is 1. The molecule has 0 aliphatic heterocycles. The first-order valence-corrected chi connectivity index (χ1v) is 9.18. The highest BCUT2D eigenvalue weighted by Gasteiger charge is 2.30. The molecule has 7 nitrogen and oxygen atoms in total. The second-order valence-electron chi connectivity index (χ2n) is 6.59. The zero-order valence-electron chi connectivity index (χ0n) is 14.2. The summed E-state index contributed by atoms with van der Waals surface area (Å²) in [7, 11) is 0. The molecular formula is C17H21N3O4S. The van der Waals surface area contributed by atoms with E-state index in [9.17, 15) is 14.4 Å². The van der Waals surface area contributed by atoms with Crippen LogP contribution in [0.5, 0.6) is 0 Å². The quantitative estimate of drug-likeness (QED) is 0.751. The molecule has 1 fully saturated rings. The van der Waals surface area contributed by atoms with Crippen molar-refractivity contribution < 1.29 is 14.7 Å². The lowest BCUT2D eigenvalue weighted by atomic mass is 10.1. The van der Waals surface area contributed by atoms with Crippen LogP contribution in [0.2, 0.25) is 0 Å². The number of H-pyrrole nitrogens is 1. The van der Waals surface area contributed by atoms with E-state index in [4.69, 9.17) is 5.11 Å². The zero-order chi connectivity index (χ0) is 18.1. The van der Waals surface area contributed by atoms with Crippen LogP contribution in [-0.4, -0.2) is 33.0 Å². The van der Waals surface area contributed by atoms with E-state index < -0.39 is 5.97 Å². The van der Waals surface area contributed by atoms with E-state index in [1.54, 1.807) is 0 Å². The Labute approximate surface area is 148 Å². The summed E-state index contributed by atoms with van der Waals surface area (Å²) >= 11 is 1.48. The lowest BCUT2D eigenvalue weighted by molar-refractivity contribution is -0.141. The van der Waals surface area contributed by atoms with Crippen molar-refractivity contribution in [1.29, 1.82) is 0 Å². The van der Waals surface area contributed by atoms with Crippen molar-refractivity contribution in [3.63, 3.8) is 0 Å². The first kappa shape index (κ1) is 17.6. The normalized spacial score (nSPS) is 20.1. The van der Waals surface area contributed by atoms with Crippen molar-refractivity contribution in [3.8, 4) is 0 Å². The minimum absolute atomic E-state index is 0.0781. The van der Waals surface area contributed by atoms with Crippen LogP contribution in [0, 0.1) is 19.8 Å². The number of rotatable bonds is 5. The van der Waals surface area contributed by atoms with Gasteiger partial charge in [-0.3, -0.25) is 14.4 Å². The van der Waals surface area contributed by atoms with Crippen molar-refractivity contribution >= 4 is 33.4 Å². The summed E-state index contributed by atoms with van der Waals surface area (Å²) in [4.78, 5) is 44.2. The van der Waals surface area contributed by atoms with E-state index >= 15 is 0 Å². The van der Waals surface area contributed by atoms with Gasteiger partial charge in [0.25, 0.3) is 5.56 Å². The number of carbonyl (C=O) groups excluding carboxylic acids is 1. The molecule has 0 spiro atoms. The molecule has 0 bridgehead atoms. The second kappa shape index (κ2) is 6.95. The van der Waals surface area contributed by atoms with Crippen molar-refractivity contribution in [2.75, 3.05) is 0 Å². The number of carbonyl (C=O) groups is 2. The van der Waals surface area contributed by atoms with Gasteiger partial charge in [0.1, 0.15) is 10.7 Å². The fourth-order valence-corrected chi connectivity index (χ4v) is 4.34. The van der Waals surface area contributed by atoms with Gasteiger partial charge >= 0.3 is 5.97 Å². The summed E-state index contributed by atoms with van der Waals surface area (Å²) < 4.78 is 0. The molecule has 25 heavy (non-hydrogen) atoms. The molecule has 2 atom stereocenters. The molecule has 3 N–H and O–H groups in total. The predicted octanol–water partition coefficient (Wildman–Crippen LogP) is 1.90. The monoisotopic (exact) mass is 363 g/mol. The smallest absolute Gasteiger partial charge is 0.306 e. The molecule has 0 aromatic carbocycles. The lowest BCUT2D eigenvalue weighted by Crippen LogP contribution is -2.33. The van der Waals surface area contributed by atoms with Gasteiger partial charge in [-0.15, -0.1) is 11.3 Å². The van der Waals surface area contributed by atoms with E-state index in [1.807, 2.05) is 13.8 Å². The van der Waals surface area contributed by atoms with E-state index in [1.165, 1.54) is 11.3 Å². The summed E-state index contributed by atoms with van der Waals surface area (Å²) in [6.45, 7) is 3.87. The molecular weight excluding hydrogens is 342 g/mol. The maximum Gasteiger partial charge on any atom is 0.306 e. The minimum Gasteiger partial charge on any atom is -0.481 e. The average molecular weight is 363 g/mol. The number of nitrogens with zero attached hydrogens (tertiary/aromatic N) is 1. The first-order chi connectivity index (χ1) is 11.8. The summed E-state index contributed by atoms with van der Waals surface area (Å²) in [5.41, 5.74) is 0.787. The highest BCUT2D eigenvalue weighted by molar-refractivity contribution is 7.18. The SMILES string of the molecule is Cc1sc2nc(CCC(=O)N[C@H]3CC[C@@H](C(=O)O)C3)[nH]c(=O)c2c1C. The van der Waals surface area contributed by atoms with Gasteiger partial charge in [0.05, 0.1) is 11.3 Å². The molecule has 2 heterocycles. The lowest BCUT2D eigenvalue weighted by Gasteiger charge is -2.12. The standard InChI is InChI=1S/C17H21N3O4S/c1-8-9(2)25-16-14(8)15(22)19-12(20-16)5-6-13(21)18-11-4-3-10(7-11)17(23)24/h10-11H,3-7H2,1-2H3,(H,18,21)(H,23,24)(H,19,20,22)/t10-,11+/m1/s1. The number of aromatic amines is 1. The average Bonchev–Trinajstić information content (AvgIpc) is 3.11. The summed E-state index contributed by atoms with van der Waals surface area (Å²) in [5.74, 6) is -0.801. The number of carboxylic acid groups (broad SMARTS) is 1. The van der Waals surface area contributed by atoms with Crippen molar-refractivity contribution in [3.05, 3.63) is 26.6 Å². The Bertz CT molecular complexity index is 886. The summed E-state index contributed by atoms with van der Waals surface area (Å²) in [6.07, 6.45) is 2.34. The summed E-state index contributed by atoms with van der Waals surface area (Å²) in [6, 6.07) is -0.0781. The number of carboxylic acids is 1. The number of hydrogen-bond acceptors (Lipinski definition) is 5. The highest BCUT2D eigenvalue weighted by Crippen LogP contribution is 2.26. The number of hydrogen-bond donors (Lipinski definition) is 3. The molecule has 0 unspecified atom stereocenters. The molecule has 1 aliphatic carbocycles. The van der Waals surface area contributed by atoms with Gasteiger partial charge in [-0.25, -0.2) is 4.98 Å². The topological polar surface area (TPSA) is 112 Å². The molecule has 3 rings (SSSR count). The fourth-order valence-electron chi connectivity index (χ4n) is 3.29. The van der Waals surface area contributed by atoms with Crippen LogP contribution >= 0.6 is 11.3 Å².